The highest BCUT2D eigenvalue weighted by molar-refractivity contribution is 6.35. The highest BCUT2D eigenvalue weighted by atomic mass is 35.5. The van der Waals surface area contributed by atoms with Gasteiger partial charge in [0.05, 0.1) is 23.8 Å². The van der Waals surface area contributed by atoms with Crippen LogP contribution in [-0.2, 0) is 17.9 Å². The van der Waals surface area contributed by atoms with Crippen LogP contribution < -0.4 is 5.43 Å². The Labute approximate surface area is 241 Å². The van der Waals surface area contributed by atoms with Crippen molar-refractivity contribution in [3.05, 3.63) is 116 Å². The minimum absolute atomic E-state index is 0.0570. The SMILES string of the molecule is CC(C)CCN(CC(=O)N(Cc1ccc(F)cc1)Cc1coc2ccccc2c1=O)C(=O)c1cc(Cl)cc(Cl)c1. The summed E-state index contributed by atoms with van der Waals surface area (Å²) in [6.07, 6.45) is 2.02. The Morgan fingerprint density at radius 1 is 0.925 bits per heavy atom. The molecule has 0 aliphatic heterocycles. The summed E-state index contributed by atoms with van der Waals surface area (Å²) >= 11 is 12.3. The molecule has 4 rings (SSSR count). The normalized spacial score (nSPS) is 11.2. The second-order valence-electron chi connectivity index (χ2n) is 10.0. The van der Waals surface area contributed by atoms with E-state index >= 15 is 0 Å². The Morgan fingerprint density at radius 2 is 1.60 bits per heavy atom. The Morgan fingerprint density at radius 3 is 2.27 bits per heavy atom. The summed E-state index contributed by atoms with van der Waals surface area (Å²) in [5.74, 6) is -0.888. The van der Waals surface area contributed by atoms with Crippen LogP contribution in [0.5, 0.6) is 0 Å². The van der Waals surface area contributed by atoms with E-state index < -0.39 is 5.82 Å². The van der Waals surface area contributed by atoms with Gasteiger partial charge in [-0.3, -0.25) is 14.4 Å². The zero-order valence-corrected chi connectivity index (χ0v) is 23.7. The number of hydrogen-bond acceptors (Lipinski definition) is 4. The van der Waals surface area contributed by atoms with Crippen LogP contribution in [0.1, 0.15) is 41.8 Å². The molecule has 0 atom stereocenters. The van der Waals surface area contributed by atoms with Crippen molar-refractivity contribution in [3.63, 3.8) is 0 Å². The van der Waals surface area contributed by atoms with E-state index in [1.54, 1.807) is 36.4 Å². The lowest BCUT2D eigenvalue weighted by Gasteiger charge is -2.28. The van der Waals surface area contributed by atoms with Gasteiger partial charge in [-0.1, -0.05) is 61.3 Å². The van der Waals surface area contributed by atoms with Crippen LogP contribution in [0.4, 0.5) is 4.39 Å². The van der Waals surface area contributed by atoms with Gasteiger partial charge in [0.25, 0.3) is 5.91 Å². The minimum atomic E-state index is -0.401. The summed E-state index contributed by atoms with van der Waals surface area (Å²) in [7, 11) is 0. The Kier molecular flexibility index (Phi) is 9.61. The largest absolute Gasteiger partial charge is 0.464 e. The molecule has 0 saturated carbocycles. The predicted molar refractivity (Wildman–Crippen MR) is 155 cm³/mol. The molecular weight excluding hydrogens is 554 g/mol. The molecule has 1 heterocycles. The van der Waals surface area contributed by atoms with Crippen molar-refractivity contribution in [2.45, 2.75) is 33.4 Å². The number of benzene rings is 3. The van der Waals surface area contributed by atoms with Crippen molar-refractivity contribution in [1.82, 2.24) is 9.80 Å². The number of carbonyl (C=O) groups excluding carboxylic acids is 2. The molecule has 6 nitrogen and oxygen atoms in total. The van der Waals surface area contributed by atoms with Gasteiger partial charge >= 0.3 is 0 Å². The van der Waals surface area contributed by atoms with Crippen molar-refractivity contribution in [2.75, 3.05) is 13.1 Å². The fraction of sp³-hybridized carbons (Fsp3) is 0.258. The van der Waals surface area contributed by atoms with Gasteiger partial charge in [0, 0.05) is 28.7 Å². The summed E-state index contributed by atoms with van der Waals surface area (Å²) in [6.45, 7) is 4.19. The molecule has 0 aliphatic rings. The summed E-state index contributed by atoms with van der Waals surface area (Å²) in [4.78, 5) is 43.4. The number of fused-ring (bicyclic) bond motifs is 1. The molecule has 1 aromatic heterocycles. The topological polar surface area (TPSA) is 70.8 Å². The first kappa shape index (κ1) is 29.3. The van der Waals surface area contributed by atoms with E-state index in [0.29, 0.717) is 39.5 Å². The molecular formula is C31H29Cl2FN2O4. The molecule has 0 radical (unpaired) electrons. The summed E-state index contributed by atoms with van der Waals surface area (Å²) in [6, 6.07) is 17.2. The number of amides is 2. The Hall–Kier alpha value is -3.68. The molecule has 0 aliphatic carbocycles. The maximum Gasteiger partial charge on any atom is 0.254 e. The lowest BCUT2D eigenvalue weighted by molar-refractivity contribution is -0.133. The van der Waals surface area contributed by atoms with Crippen LogP contribution >= 0.6 is 23.2 Å². The standard InChI is InChI=1S/C31H29Cl2FN2O4/c1-20(2)11-12-35(31(39)22-13-24(32)15-25(33)14-22)18-29(37)36(16-21-7-9-26(34)10-8-21)17-23-19-40-28-6-4-3-5-27(28)30(23)38/h3-10,13-15,19-20H,11-12,16-18H2,1-2H3. The Bertz CT molecular complexity index is 1550. The monoisotopic (exact) mass is 582 g/mol. The van der Waals surface area contributed by atoms with Gasteiger partial charge in [-0.15, -0.1) is 0 Å². The maximum absolute atomic E-state index is 13.8. The second-order valence-corrected chi connectivity index (χ2v) is 10.9. The molecule has 3 aromatic carbocycles. The second kappa shape index (κ2) is 13.1. The van der Waals surface area contributed by atoms with E-state index in [4.69, 9.17) is 27.6 Å². The van der Waals surface area contributed by atoms with E-state index in [1.807, 2.05) is 13.8 Å². The third-order valence-electron chi connectivity index (χ3n) is 6.45. The van der Waals surface area contributed by atoms with E-state index in [2.05, 4.69) is 0 Å². The molecule has 0 bridgehead atoms. The van der Waals surface area contributed by atoms with Crippen molar-refractivity contribution in [2.24, 2.45) is 5.92 Å². The number of para-hydroxylation sites is 1. The lowest BCUT2D eigenvalue weighted by atomic mass is 10.1. The van der Waals surface area contributed by atoms with E-state index in [0.717, 1.165) is 0 Å². The van der Waals surface area contributed by atoms with Crippen LogP contribution in [0.15, 0.2) is 82.2 Å². The maximum atomic E-state index is 13.8. The molecule has 2 amide bonds. The van der Waals surface area contributed by atoms with E-state index in [1.165, 1.54) is 46.4 Å². The van der Waals surface area contributed by atoms with Crippen LogP contribution in [0, 0.1) is 11.7 Å². The third-order valence-corrected chi connectivity index (χ3v) is 6.89. The van der Waals surface area contributed by atoms with Crippen LogP contribution in [0.2, 0.25) is 10.0 Å². The number of halogens is 3. The molecule has 0 N–H and O–H groups in total. The van der Waals surface area contributed by atoms with Gasteiger partial charge in [-0.25, -0.2) is 4.39 Å². The van der Waals surface area contributed by atoms with Crippen molar-refractivity contribution in [3.8, 4) is 0 Å². The highest BCUT2D eigenvalue weighted by Crippen LogP contribution is 2.21. The summed E-state index contributed by atoms with van der Waals surface area (Å²) in [5.41, 5.74) is 1.42. The van der Waals surface area contributed by atoms with Gasteiger partial charge in [0.1, 0.15) is 17.9 Å². The van der Waals surface area contributed by atoms with Crippen molar-refractivity contribution >= 4 is 46.0 Å². The first-order valence-corrected chi connectivity index (χ1v) is 13.6. The third kappa shape index (κ3) is 7.49. The first-order chi connectivity index (χ1) is 19.1. The van der Waals surface area contributed by atoms with Gasteiger partial charge < -0.3 is 14.2 Å². The average molecular weight is 583 g/mol. The number of rotatable bonds is 10. The smallest absolute Gasteiger partial charge is 0.254 e. The van der Waals surface area contributed by atoms with Crippen LogP contribution in [0.3, 0.4) is 0 Å². The van der Waals surface area contributed by atoms with Crippen LogP contribution in [-0.4, -0.2) is 34.7 Å². The molecule has 40 heavy (non-hydrogen) atoms. The van der Waals surface area contributed by atoms with E-state index in [-0.39, 0.29) is 53.9 Å². The average Bonchev–Trinajstić information content (AvgIpc) is 2.92. The minimum Gasteiger partial charge on any atom is -0.464 e. The zero-order valence-electron chi connectivity index (χ0n) is 22.2. The zero-order chi connectivity index (χ0) is 28.8. The van der Waals surface area contributed by atoms with Gasteiger partial charge in [0.2, 0.25) is 5.91 Å². The van der Waals surface area contributed by atoms with Crippen molar-refractivity contribution < 1.29 is 18.4 Å². The van der Waals surface area contributed by atoms with Gasteiger partial charge in [-0.2, -0.15) is 0 Å². The Balaban J connectivity index is 1.65. The van der Waals surface area contributed by atoms with E-state index in [9.17, 15) is 18.8 Å². The molecule has 208 valence electrons. The van der Waals surface area contributed by atoms with Gasteiger partial charge in [0.15, 0.2) is 5.43 Å². The molecule has 0 spiro atoms. The van der Waals surface area contributed by atoms with Crippen LogP contribution in [0.25, 0.3) is 11.0 Å². The summed E-state index contributed by atoms with van der Waals surface area (Å²) in [5, 5.41) is 1.03. The quantitative estimate of drug-likeness (QED) is 0.203. The molecule has 0 saturated heterocycles. The molecule has 9 heteroatoms. The predicted octanol–water partition coefficient (Wildman–Crippen LogP) is 6.96. The molecule has 4 aromatic rings. The number of hydrogen-bond donors (Lipinski definition) is 0. The van der Waals surface area contributed by atoms with Crippen molar-refractivity contribution in [1.29, 1.82) is 0 Å². The fourth-order valence-electron chi connectivity index (χ4n) is 4.26. The number of carbonyl (C=O) groups is 2. The molecule has 0 unspecified atom stereocenters. The van der Waals surface area contributed by atoms with Gasteiger partial charge in [-0.05, 0) is 60.4 Å². The first-order valence-electron chi connectivity index (χ1n) is 12.9. The molecule has 0 fully saturated rings. The summed E-state index contributed by atoms with van der Waals surface area (Å²) < 4.78 is 19.2. The highest BCUT2D eigenvalue weighted by Gasteiger charge is 2.24. The lowest BCUT2D eigenvalue weighted by Crippen LogP contribution is -2.43. The fourth-order valence-corrected chi connectivity index (χ4v) is 4.79. The number of nitrogens with zero attached hydrogens (tertiary/aromatic N) is 2.